The molecule has 1 fully saturated rings. The molecule has 0 spiro atoms. The highest BCUT2D eigenvalue weighted by Crippen LogP contribution is 2.29. The van der Waals surface area contributed by atoms with Gasteiger partial charge in [-0.05, 0) is 60.3 Å². The summed E-state index contributed by atoms with van der Waals surface area (Å²) >= 11 is 3.63. The van der Waals surface area contributed by atoms with Gasteiger partial charge in [0.15, 0.2) is 0 Å². The molecule has 0 bridgehead atoms. The molecule has 94 valence electrons. The van der Waals surface area contributed by atoms with Crippen LogP contribution >= 0.6 is 15.9 Å². The second-order valence-corrected chi connectivity index (χ2v) is 5.80. The fraction of sp³-hybridized carbons (Fsp3) is 0.357. The number of nitrogens with one attached hydrogen (secondary N) is 1. The SMILES string of the molecule is Cc1ccc(-n2cc(C)nc2NC2CC2)c(Br)c1. The van der Waals surface area contributed by atoms with Crippen LogP contribution in [0, 0.1) is 13.8 Å². The van der Waals surface area contributed by atoms with Gasteiger partial charge in [-0.2, -0.15) is 0 Å². The van der Waals surface area contributed by atoms with Gasteiger partial charge in [0, 0.05) is 16.7 Å². The Balaban J connectivity index is 2.03. The van der Waals surface area contributed by atoms with Gasteiger partial charge in [0.25, 0.3) is 0 Å². The number of rotatable bonds is 3. The van der Waals surface area contributed by atoms with Crippen molar-refractivity contribution in [1.82, 2.24) is 9.55 Å². The molecule has 1 aliphatic rings. The molecule has 0 saturated heterocycles. The number of hydrogen-bond donors (Lipinski definition) is 1. The predicted molar refractivity (Wildman–Crippen MR) is 77.4 cm³/mol. The quantitative estimate of drug-likeness (QED) is 0.934. The van der Waals surface area contributed by atoms with Gasteiger partial charge in [0.1, 0.15) is 0 Å². The standard InChI is InChI=1S/C14H16BrN3/c1-9-3-6-13(12(15)7-9)18-8-10(2)16-14(18)17-11-4-5-11/h3,6-8,11H,4-5H2,1-2H3,(H,16,17). The van der Waals surface area contributed by atoms with Crippen molar-refractivity contribution in [2.75, 3.05) is 5.32 Å². The summed E-state index contributed by atoms with van der Waals surface area (Å²) in [5.74, 6) is 0.944. The molecule has 0 unspecified atom stereocenters. The number of hydrogen-bond acceptors (Lipinski definition) is 2. The summed E-state index contributed by atoms with van der Waals surface area (Å²) in [6, 6.07) is 6.98. The second kappa shape index (κ2) is 4.43. The van der Waals surface area contributed by atoms with E-state index in [1.54, 1.807) is 0 Å². The summed E-state index contributed by atoms with van der Waals surface area (Å²) in [7, 11) is 0. The van der Waals surface area contributed by atoms with E-state index in [-0.39, 0.29) is 0 Å². The molecule has 1 aromatic carbocycles. The summed E-state index contributed by atoms with van der Waals surface area (Å²) in [5, 5.41) is 3.48. The Morgan fingerprint density at radius 1 is 1.33 bits per heavy atom. The number of halogens is 1. The van der Waals surface area contributed by atoms with Crippen molar-refractivity contribution < 1.29 is 0 Å². The van der Waals surface area contributed by atoms with Gasteiger partial charge in [0.2, 0.25) is 5.95 Å². The maximum Gasteiger partial charge on any atom is 0.207 e. The lowest BCUT2D eigenvalue weighted by molar-refractivity contribution is 0.997. The zero-order valence-electron chi connectivity index (χ0n) is 10.6. The van der Waals surface area contributed by atoms with Crippen LogP contribution in [-0.4, -0.2) is 15.6 Å². The first-order chi connectivity index (χ1) is 8.63. The van der Waals surface area contributed by atoms with Crippen LogP contribution in [0.15, 0.2) is 28.9 Å². The Morgan fingerprint density at radius 3 is 2.78 bits per heavy atom. The molecule has 3 nitrogen and oxygen atoms in total. The first-order valence-corrected chi connectivity index (χ1v) is 7.02. The largest absolute Gasteiger partial charge is 0.353 e. The molecule has 3 rings (SSSR count). The van der Waals surface area contributed by atoms with Crippen LogP contribution in [-0.2, 0) is 0 Å². The van der Waals surface area contributed by atoms with E-state index in [2.05, 4.69) is 62.1 Å². The van der Waals surface area contributed by atoms with E-state index in [0.717, 1.165) is 21.8 Å². The first kappa shape index (κ1) is 11.8. The van der Waals surface area contributed by atoms with Crippen LogP contribution < -0.4 is 5.32 Å². The third-order valence-corrected chi connectivity index (χ3v) is 3.73. The third-order valence-electron chi connectivity index (χ3n) is 3.10. The van der Waals surface area contributed by atoms with Gasteiger partial charge in [-0.15, -0.1) is 0 Å². The number of aromatic nitrogens is 2. The van der Waals surface area contributed by atoms with Gasteiger partial charge in [-0.25, -0.2) is 4.98 Å². The third kappa shape index (κ3) is 2.29. The average molecular weight is 306 g/mol. The van der Waals surface area contributed by atoms with Crippen molar-refractivity contribution >= 4 is 21.9 Å². The second-order valence-electron chi connectivity index (χ2n) is 4.95. The lowest BCUT2D eigenvalue weighted by atomic mass is 10.2. The van der Waals surface area contributed by atoms with E-state index in [9.17, 15) is 0 Å². The lowest BCUT2D eigenvalue weighted by Crippen LogP contribution is -2.08. The molecule has 0 amide bonds. The molecule has 0 aliphatic heterocycles. The number of nitrogens with zero attached hydrogens (tertiary/aromatic N) is 2. The fourth-order valence-electron chi connectivity index (χ4n) is 2.00. The minimum atomic E-state index is 0.606. The summed E-state index contributed by atoms with van der Waals surface area (Å²) in [6.07, 6.45) is 4.57. The van der Waals surface area contributed by atoms with Crippen LogP contribution in [0.1, 0.15) is 24.1 Å². The summed E-state index contributed by atoms with van der Waals surface area (Å²) in [4.78, 5) is 4.56. The smallest absolute Gasteiger partial charge is 0.207 e. The van der Waals surface area contributed by atoms with Crippen molar-refractivity contribution in [3.8, 4) is 5.69 Å². The van der Waals surface area contributed by atoms with Crippen molar-refractivity contribution in [2.24, 2.45) is 0 Å². The monoisotopic (exact) mass is 305 g/mol. The minimum Gasteiger partial charge on any atom is -0.353 e. The summed E-state index contributed by atoms with van der Waals surface area (Å²) < 4.78 is 3.22. The van der Waals surface area contributed by atoms with E-state index in [1.807, 2.05) is 6.92 Å². The number of anilines is 1. The zero-order valence-corrected chi connectivity index (χ0v) is 12.2. The molecule has 4 heteroatoms. The van der Waals surface area contributed by atoms with Crippen LogP contribution in [0.3, 0.4) is 0 Å². The van der Waals surface area contributed by atoms with Gasteiger partial charge >= 0.3 is 0 Å². The molecular weight excluding hydrogens is 290 g/mol. The van der Waals surface area contributed by atoms with E-state index >= 15 is 0 Å². The Hall–Kier alpha value is -1.29. The topological polar surface area (TPSA) is 29.9 Å². The van der Waals surface area contributed by atoms with Gasteiger partial charge in [-0.3, -0.25) is 4.57 Å². The van der Waals surface area contributed by atoms with Gasteiger partial charge < -0.3 is 5.32 Å². The van der Waals surface area contributed by atoms with E-state index in [1.165, 1.54) is 18.4 Å². The van der Waals surface area contributed by atoms with E-state index in [4.69, 9.17) is 0 Å². The molecule has 0 radical (unpaired) electrons. The molecule has 2 aromatic rings. The van der Waals surface area contributed by atoms with Gasteiger partial charge in [-0.1, -0.05) is 6.07 Å². The molecule has 18 heavy (non-hydrogen) atoms. The fourth-order valence-corrected chi connectivity index (χ4v) is 2.69. The number of benzene rings is 1. The molecule has 1 aromatic heterocycles. The normalized spacial score (nSPS) is 14.8. The highest BCUT2D eigenvalue weighted by molar-refractivity contribution is 9.10. The van der Waals surface area contributed by atoms with Crippen LogP contribution in [0.5, 0.6) is 0 Å². The Kier molecular flexibility index (Phi) is 2.90. The predicted octanol–water partition coefficient (Wildman–Crippen LogP) is 3.83. The van der Waals surface area contributed by atoms with E-state index in [0.29, 0.717) is 6.04 Å². The Morgan fingerprint density at radius 2 is 2.11 bits per heavy atom. The summed E-state index contributed by atoms with van der Waals surface area (Å²) in [6.45, 7) is 4.12. The Bertz CT molecular complexity index is 585. The zero-order chi connectivity index (χ0) is 12.7. The minimum absolute atomic E-state index is 0.606. The average Bonchev–Trinajstić information content (AvgIpc) is 3.03. The highest BCUT2D eigenvalue weighted by atomic mass is 79.9. The van der Waals surface area contributed by atoms with Crippen LogP contribution in [0.25, 0.3) is 5.69 Å². The Labute approximate surface area is 115 Å². The summed E-state index contributed by atoms with van der Waals surface area (Å²) in [5.41, 5.74) is 3.41. The molecule has 1 aliphatic carbocycles. The maximum absolute atomic E-state index is 4.56. The molecule has 1 N–H and O–H groups in total. The van der Waals surface area contributed by atoms with Crippen molar-refractivity contribution in [2.45, 2.75) is 32.7 Å². The van der Waals surface area contributed by atoms with Crippen LogP contribution in [0.2, 0.25) is 0 Å². The van der Waals surface area contributed by atoms with Crippen molar-refractivity contribution in [1.29, 1.82) is 0 Å². The number of aryl methyl sites for hydroxylation is 2. The van der Waals surface area contributed by atoms with Gasteiger partial charge in [0.05, 0.1) is 11.4 Å². The van der Waals surface area contributed by atoms with Crippen LogP contribution in [0.4, 0.5) is 5.95 Å². The molecular formula is C14H16BrN3. The molecule has 1 heterocycles. The number of imidazole rings is 1. The lowest BCUT2D eigenvalue weighted by Gasteiger charge is -2.11. The van der Waals surface area contributed by atoms with Crippen molar-refractivity contribution in [3.05, 3.63) is 40.1 Å². The van der Waals surface area contributed by atoms with E-state index < -0.39 is 0 Å². The first-order valence-electron chi connectivity index (χ1n) is 6.22. The van der Waals surface area contributed by atoms with Crippen molar-refractivity contribution in [3.63, 3.8) is 0 Å². The molecule has 1 saturated carbocycles. The highest BCUT2D eigenvalue weighted by Gasteiger charge is 2.23. The molecule has 0 atom stereocenters. The maximum atomic E-state index is 4.56.